The average molecular weight is 431 g/mol. The van der Waals surface area contributed by atoms with Crippen molar-refractivity contribution in [3.05, 3.63) is 63.5 Å². The Bertz CT molecular complexity index is 926. The minimum absolute atomic E-state index is 0.164. The van der Waals surface area contributed by atoms with Crippen molar-refractivity contribution < 1.29 is 9.59 Å². The number of anilines is 1. The Kier molecular flexibility index (Phi) is 6.49. The van der Waals surface area contributed by atoms with E-state index in [0.29, 0.717) is 33.6 Å². The highest BCUT2D eigenvalue weighted by atomic mass is 35.5. The van der Waals surface area contributed by atoms with E-state index in [1.165, 1.54) is 16.2 Å². The molecule has 1 aliphatic rings. The van der Waals surface area contributed by atoms with Gasteiger partial charge in [-0.3, -0.25) is 9.59 Å². The molecule has 2 amide bonds. The number of thiophene rings is 1. The van der Waals surface area contributed by atoms with E-state index >= 15 is 0 Å². The Morgan fingerprint density at radius 2 is 1.93 bits per heavy atom. The number of hydrogen-bond donors (Lipinski definition) is 2. The molecule has 29 heavy (non-hydrogen) atoms. The first-order chi connectivity index (χ1) is 13.7. The van der Waals surface area contributed by atoms with Crippen LogP contribution in [0.25, 0.3) is 0 Å². The standard InChI is InChI=1S/C23H27ClN2O2S/c1-5-12-25-21(28)19-17-11-8-15(23(2,3)4)13-18(17)29-22(19)26-20(27)14-6-9-16(24)10-7-14/h5-7,9-10,15H,1,8,11-13H2,2-4H3,(H,25,28)(H,26,27). The van der Waals surface area contributed by atoms with Crippen LogP contribution in [0.2, 0.25) is 5.02 Å². The molecule has 1 atom stereocenters. The number of benzene rings is 1. The predicted molar refractivity (Wildman–Crippen MR) is 121 cm³/mol. The van der Waals surface area contributed by atoms with Gasteiger partial charge >= 0.3 is 0 Å². The highest BCUT2D eigenvalue weighted by Crippen LogP contribution is 2.44. The van der Waals surface area contributed by atoms with Crippen molar-refractivity contribution in [2.24, 2.45) is 11.3 Å². The molecule has 2 aromatic rings. The molecule has 1 aromatic heterocycles. The van der Waals surface area contributed by atoms with Crippen LogP contribution in [-0.2, 0) is 12.8 Å². The highest BCUT2D eigenvalue weighted by molar-refractivity contribution is 7.17. The molecule has 0 saturated carbocycles. The maximum Gasteiger partial charge on any atom is 0.256 e. The SMILES string of the molecule is C=CCNC(=O)c1c(NC(=O)c2ccc(Cl)cc2)sc2c1CCC(C(C)(C)C)C2. The molecule has 0 bridgehead atoms. The molecule has 154 valence electrons. The van der Waals surface area contributed by atoms with Gasteiger partial charge in [0.25, 0.3) is 11.8 Å². The Labute approximate surface area is 181 Å². The minimum Gasteiger partial charge on any atom is -0.348 e. The fraction of sp³-hybridized carbons (Fsp3) is 0.391. The lowest BCUT2D eigenvalue weighted by Gasteiger charge is -2.33. The van der Waals surface area contributed by atoms with Gasteiger partial charge in [-0.2, -0.15) is 0 Å². The molecule has 1 aliphatic carbocycles. The van der Waals surface area contributed by atoms with Gasteiger partial charge in [0.1, 0.15) is 5.00 Å². The Morgan fingerprint density at radius 3 is 2.55 bits per heavy atom. The van der Waals surface area contributed by atoms with E-state index in [2.05, 4.69) is 38.0 Å². The van der Waals surface area contributed by atoms with E-state index in [4.69, 9.17) is 11.6 Å². The zero-order valence-electron chi connectivity index (χ0n) is 17.1. The summed E-state index contributed by atoms with van der Waals surface area (Å²) in [6.07, 6.45) is 4.47. The summed E-state index contributed by atoms with van der Waals surface area (Å²) < 4.78 is 0. The molecule has 3 rings (SSSR count). The molecule has 0 saturated heterocycles. The summed E-state index contributed by atoms with van der Waals surface area (Å²) in [4.78, 5) is 26.8. The van der Waals surface area contributed by atoms with Crippen molar-refractivity contribution in [1.29, 1.82) is 0 Å². The van der Waals surface area contributed by atoms with E-state index in [1.54, 1.807) is 30.3 Å². The summed E-state index contributed by atoms with van der Waals surface area (Å²) in [6.45, 7) is 10.8. The normalized spacial score (nSPS) is 16.1. The fourth-order valence-electron chi connectivity index (χ4n) is 3.68. The number of fused-ring (bicyclic) bond motifs is 1. The van der Waals surface area contributed by atoms with Crippen LogP contribution in [0.4, 0.5) is 5.00 Å². The number of amides is 2. The van der Waals surface area contributed by atoms with Gasteiger partial charge in [0.15, 0.2) is 0 Å². The lowest BCUT2D eigenvalue weighted by Crippen LogP contribution is -2.28. The van der Waals surface area contributed by atoms with Crippen molar-refractivity contribution in [1.82, 2.24) is 5.32 Å². The van der Waals surface area contributed by atoms with Crippen molar-refractivity contribution in [3.63, 3.8) is 0 Å². The summed E-state index contributed by atoms with van der Waals surface area (Å²) in [7, 11) is 0. The molecule has 0 spiro atoms. The molecule has 1 unspecified atom stereocenters. The third kappa shape index (κ3) is 4.90. The van der Waals surface area contributed by atoms with Gasteiger partial charge in [0.2, 0.25) is 0 Å². The van der Waals surface area contributed by atoms with Crippen LogP contribution >= 0.6 is 22.9 Å². The smallest absolute Gasteiger partial charge is 0.256 e. The molecule has 0 radical (unpaired) electrons. The maximum absolute atomic E-state index is 12.9. The van der Waals surface area contributed by atoms with E-state index in [1.807, 2.05) is 0 Å². The first-order valence-corrected chi connectivity index (χ1v) is 11.0. The van der Waals surface area contributed by atoms with Gasteiger partial charge in [-0.15, -0.1) is 17.9 Å². The minimum atomic E-state index is -0.245. The molecule has 0 aliphatic heterocycles. The lowest BCUT2D eigenvalue weighted by molar-refractivity contribution is 0.0957. The Hall–Kier alpha value is -2.11. The van der Waals surface area contributed by atoms with Crippen LogP contribution in [0.15, 0.2) is 36.9 Å². The number of carbonyl (C=O) groups excluding carboxylic acids is 2. The molecule has 0 fully saturated rings. The number of hydrogen-bond acceptors (Lipinski definition) is 3. The molecule has 2 N–H and O–H groups in total. The van der Waals surface area contributed by atoms with Crippen molar-refractivity contribution in [2.75, 3.05) is 11.9 Å². The second-order valence-corrected chi connectivity index (χ2v) is 10.0. The summed E-state index contributed by atoms with van der Waals surface area (Å²) in [5.74, 6) is 0.144. The number of rotatable bonds is 5. The first kappa shape index (κ1) is 21.6. The summed E-state index contributed by atoms with van der Waals surface area (Å²) in [5.41, 5.74) is 2.38. The van der Waals surface area contributed by atoms with E-state index in [9.17, 15) is 9.59 Å². The molecule has 1 heterocycles. The van der Waals surface area contributed by atoms with E-state index in [0.717, 1.165) is 24.8 Å². The zero-order chi connectivity index (χ0) is 21.2. The second-order valence-electron chi connectivity index (χ2n) is 8.47. The van der Waals surface area contributed by atoms with Gasteiger partial charge in [0.05, 0.1) is 5.56 Å². The zero-order valence-corrected chi connectivity index (χ0v) is 18.7. The molecular weight excluding hydrogens is 404 g/mol. The third-order valence-corrected chi connectivity index (χ3v) is 6.88. The van der Waals surface area contributed by atoms with Crippen LogP contribution in [0.3, 0.4) is 0 Å². The fourth-order valence-corrected chi connectivity index (χ4v) is 5.13. The van der Waals surface area contributed by atoms with Crippen molar-refractivity contribution >= 4 is 39.8 Å². The van der Waals surface area contributed by atoms with Gasteiger partial charge in [-0.25, -0.2) is 0 Å². The van der Waals surface area contributed by atoms with Gasteiger partial charge in [0, 0.05) is 22.0 Å². The quantitative estimate of drug-likeness (QED) is 0.596. The van der Waals surface area contributed by atoms with Crippen LogP contribution in [-0.4, -0.2) is 18.4 Å². The number of nitrogens with one attached hydrogen (secondary N) is 2. The van der Waals surface area contributed by atoms with Gasteiger partial charge < -0.3 is 10.6 Å². The average Bonchev–Trinajstić information content (AvgIpc) is 3.02. The largest absolute Gasteiger partial charge is 0.348 e. The third-order valence-electron chi connectivity index (χ3n) is 5.46. The Morgan fingerprint density at radius 1 is 1.24 bits per heavy atom. The lowest BCUT2D eigenvalue weighted by atomic mass is 9.72. The maximum atomic E-state index is 12.9. The monoisotopic (exact) mass is 430 g/mol. The second kappa shape index (κ2) is 8.72. The van der Waals surface area contributed by atoms with Crippen molar-refractivity contribution in [3.8, 4) is 0 Å². The van der Waals surface area contributed by atoms with Crippen LogP contribution < -0.4 is 10.6 Å². The first-order valence-electron chi connectivity index (χ1n) is 9.81. The van der Waals surface area contributed by atoms with Gasteiger partial charge in [-0.1, -0.05) is 38.4 Å². The van der Waals surface area contributed by atoms with Crippen LogP contribution in [0.1, 0.15) is 58.3 Å². The topological polar surface area (TPSA) is 58.2 Å². The number of halogens is 1. The molecule has 1 aromatic carbocycles. The summed E-state index contributed by atoms with van der Waals surface area (Å²) in [6, 6.07) is 6.72. The van der Waals surface area contributed by atoms with E-state index < -0.39 is 0 Å². The summed E-state index contributed by atoms with van der Waals surface area (Å²) in [5, 5.41) is 7.02. The molecule has 4 nitrogen and oxygen atoms in total. The van der Waals surface area contributed by atoms with Crippen LogP contribution in [0.5, 0.6) is 0 Å². The highest BCUT2D eigenvalue weighted by Gasteiger charge is 2.34. The molecular formula is C23H27ClN2O2S. The predicted octanol–water partition coefficient (Wildman–Crippen LogP) is 5.72. The van der Waals surface area contributed by atoms with E-state index in [-0.39, 0.29) is 17.2 Å². The van der Waals surface area contributed by atoms with Gasteiger partial charge in [-0.05, 0) is 60.4 Å². The summed E-state index contributed by atoms with van der Waals surface area (Å²) >= 11 is 7.45. The van der Waals surface area contributed by atoms with Crippen molar-refractivity contribution in [2.45, 2.75) is 40.0 Å². The molecule has 6 heteroatoms. The Balaban J connectivity index is 1.93. The van der Waals surface area contributed by atoms with Crippen LogP contribution in [0, 0.1) is 11.3 Å². The number of carbonyl (C=O) groups is 2.